The molecule has 0 unspecified atom stereocenters. The number of nitrogens with one attached hydrogen (secondary N) is 1. The summed E-state index contributed by atoms with van der Waals surface area (Å²) in [5.74, 6) is 2.50. The number of ether oxygens (including phenoxy) is 5. The third-order valence-corrected chi connectivity index (χ3v) is 3.96. The van der Waals surface area contributed by atoms with Crippen LogP contribution in [0.25, 0.3) is 6.08 Å². The van der Waals surface area contributed by atoms with Crippen molar-refractivity contribution in [1.29, 1.82) is 0 Å². The van der Waals surface area contributed by atoms with Crippen LogP contribution in [0, 0.1) is 0 Å². The molecule has 0 atom stereocenters. The number of carbonyl (C=O) groups is 1. The SMILES string of the molecule is COc1ccc(C=CC(=O)Nc2ccc3c(c2)OCCO3)c(OC)c1OC. The summed E-state index contributed by atoms with van der Waals surface area (Å²) >= 11 is 0. The molecular formula is C20H21NO6. The van der Waals surface area contributed by atoms with Gasteiger partial charge in [0.1, 0.15) is 13.2 Å². The predicted octanol–water partition coefficient (Wildman–Crippen LogP) is 3.14. The van der Waals surface area contributed by atoms with Crippen LogP contribution >= 0.6 is 0 Å². The van der Waals surface area contributed by atoms with Gasteiger partial charge in [-0.05, 0) is 30.3 Å². The molecular weight excluding hydrogens is 350 g/mol. The lowest BCUT2D eigenvalue weighted by atomic mass is 10.1. The number of methoxy groups -OCH3 is 3. The van der Waals surface area contributed by atoms with Crippen LogP contribution in [0.4, 0.5) is 5.69 Å². The largest absolute Gasteiger partial charge is 0.493 e. The van der Waals surface area contributed by atoms with E-state index in [4.69, 9.17) is 23.7 Å². The van der Waals surface area contributed by atoms with Gasteiger partial charge >= 0.3 is 0 Å². The Balaban J connectivity index is 1.75. The maximum Gasteiger partial charge on any atom is 0.248 e. The maximum absolute atomic E-state index is 12.3. The molecule has 3 rings (SSSR count). The number of hydrogen-bond acceptors (Lipinski definition) is 6. The van der Waals surface area contributed by atoms with Crippen molar-refractivity contribution < 1.29 is 28.5 Å². The zero-order valence-corrected chi connectivity index (χ0v) is 15.4. The van der Waals surface area contributed by atoms with Gasteiger partial charge < -0.3 is 29.0 Å². The van der Waals surface area contributed by atoms with Crippen molar-refractivity contribution >= 4 is 17.7 Å². The fourth-order valence-electron chi connectivity index (χ4n) is 2.73. The zero-order chi connectivity index (χ0) is 19.2. The summed E-state index contributed by atoms with van der Waals surface area (Å²) in [7, 11) is 4.61. The van der Waals surface area contributed by atoms with Crippen molar-refractivity contribution in [2.75, 3.05) is 39.9 Å². The Kier molecular flexibility index (Phi) is 5.71. The number of hydrogen-bond donors (Lipinski definition) is 1. The van der Waals surface area contributed by atoms with Gasteiger partial charge in [-0.1, -0.05) is 0 Å². The molecule has 7 heteroatoms. The second kappa shape index (κ2) is 8.35. The fraction of sp³-hybridized carbons (Fsp3) is 0.250. The first-order valence-corrected chi connectivity index (χ1v) is 8.34. The summed E-state index contributed by atoms with van der Waals surface area (Å²) in [5.41, 5.74) is 1.31. The highest BCUT2D eigenvalue weighted by Crippen LogP contribution is 2.40. The standard InChI is InChI=1S/C20H21NO6/c1-23-16-7-4-13(19(24-2)20(16)25-3)5-9-18(22)21-14-6-8-15-17(12-14)27-11-10-26-15/h4-9,12H,10-11H2,1-3H3,(H,21,22). The van der Waals surface area contributed by atoms with Gasteiger partial charge in [-0.2, -0.15) is 0 Å². The molecule has 0 aromatic heterocycles. The summed E-state index contributed by atoms with van der Waals surface area (Å²) in [6.07, 6.45) is 3.06. The highest BCUT2D eigenvalue weighted by atomic mass is 16.6. The number of amides is 1. The lowest BCUT2D eigenvalue weighted by Gasteiger charge is -2.18. The van der Waals surface area contributed by atoms with Crippen LogP contribution in [0.3, 0.4) is 0 Å². The summed E-state index contributed by atoms with van der Waals surface area (Å²) < 4.78 is 27.0. The average Bonchev–Trinajstić information content (AvgIpc) is 2.71. The van der Waals surface area contributed by atoms with E-state index in [1.165, 1.54) is 20.3 Å². The quantitative estimate of drug-likeness (QED) is 0.787. The van der Waals surface area contributed by atoms with Crippen LogP contribution in [0.5, 0.6) is 28.7 Å². The van der Waals surface area contributed by atoms with E-state index in [2.05, 4.69) is 5.32 Å². The highest BCUT2D eigenvalue weighted by molar-refractivity contribution is 6.02. The van der Waals surface area contributed by atoms with Crippen molar-refractivity contribution in [3.63, 3.8) is 0 Å². The first-order chi connectivity index (χ1) is 13.2. The minimum atomic E-state index is -0.288. The summed E-state index contributed by atoms with van der Waals surface area (Å²) in [6.45, 7) is 1.01. The number of carbonyl (C=O) groups excluding carboxylic acids is 1. The Morgan fingerprint density at radius 2 is 1.70 bits per heavy atom. The monoisotopic (exact) mass is 371 g/mol. The maximum atomic E-state index is 12.3. The van der Waals surface area contributed by atoms with E-state index in [0.29, 0.717) is 53.2 Å². The second-order valence-electron chi connectivity index (χ2n) is 5.60. The molecule has 1 N–H and O–H groups in total. The molecule has 0 spiro atoms. The van der Waals surface area contributed by atoms with Crippen LogP contribution in [0.1, 0.15) is 5.56 Å². The van der Waals surface area contributed by atoms with Crippen molar-refractivity contribution in [2.24, 2.45) is 0 Å². The van der Waals surface area contributed by atoms with Gasteiger partial charge in [-0.15, -0.1) is 0 Å². The molecule has 0 saturated heterocycles. The van der Waals surface area contributed by atoms with Crippen LogP contribution < -0.4 is 29.0 Å². The molecule has 142 valence electrons. The smallest absolute Gasteiger partial charge is 0.248 e. The molecule has 1 amide bonds. The fourth-order valence-corrected chi connectivity index (χ4v) is 2.73. The van der Waals surface area contributed by atoms with Crippen molar-refractivity contribution in [3.05, 3.63) is 42.0 Å². The second-order valence-corrected chi connectivity index (χ2v) is 5.60. The average molecular weight is 371 g/mol. The molecule has 1 heterocycles. The Labute approximate surface area is 157 Å². The Hall–Kier alpha value is -3.35. The summed E-state index contributed by atoms with van der Waals surface area (Å²) in [4.78, 5) is 12.3. The number of rotatable bonds is 6. The zero-order valence-electron chi connectivity index (χ0n) is 15.4. The molecule has 1 aliphatic heterocycles. The first-order valence-electron chi connectivity index (χ1n) is 8.34. The molecule has 0 saturated carbocycles. The number of benzene rings is 2. The Bertz CT molecular complexity index is 862. The lowest BCUT2D eigenvalue weighted by molar-refractivity contribution is -0.111. The minimum Gasteiger partial charge on any atom is -0.493 e. The summed E-state index contributed by atoms with van der Waals surface area (Å²) in [6, 6.07) is 8.80. The third-order valence-electron chi connectivity index (χ3n) is 3.96. The Morgan fingerprint density at radius 1 is 0.963 bits per heavy atom. The van der Waals surface area contributed by atoms with Gasteiger partial charge in [-0.3, -0.25) is 4.79 Å². The number of anilines is 1. The highest BCUT2D eigenvalue weighted by Gasteiger charge is 2.15. The summed E-state index contributed by atoms with van der Waals surface area (Å²) in [5, 5.41) is 2.79. The van der Waals surface area contributed by atoms with Crippen molar-refractivity contribution in [2.45, 2.75) is 0 Å². The van der Waals surface area contributed by atoms with E-state index in [0.717, 1.165) is 0 Å². The molecule has 2 aromatic carbocycles. The van der Waals surface area contributed by atoms with E-state index in [1.54, 1.807) is 43.5 Å². The van der Waals surface area contributed by atoms with Crippen LogP contribution in [0.15, 0.2) is 36.4 Å². The van der Waals surface area contributed by atoms with Gasteiger partial charge in [-0.25, -0.2) is 0 Å². The molecule has 0 bridgehead atoms. The molecule has 0 aliphatic carbocycles. The van der Waals surface area contributed by atoms with Crippen molar-refractivity contribution in [1.82, 2.24) is 0 Å². The molecule has 1 aliphatic rings. The number of fused-ring (bicyclic) bond motifs is 1. The Morgan fingerprint density at radius 3 is 2.41 bits per heavy atom. The van der Waals surface area contributed by atoms with Crippen LogP contribution in [-0.2, 0) is 4.79 Å². The van der Waals surface area contributed by atoms with Gasteiger partial charge in [0.25, 0.3) is 0 Å². The van der Waals surface area contributed by atoms with Gasteiger partial charge in [0.15, 0.2) is 23.0 Å². The van der Waals surface area contributed by atoms with Crippen LogP contribution in [0.2, 0.25) is 0 Å². The van der Waals surface area contributed by atoms with E-state index in [1.807, 2.05) is 0 Å². The predicted molar refractivity (Wildman–Crippen MR) is 101 cm³/mol. The van der Waals surface area contributed by atoms with Crippen LogP contribution in [-0.4, -0.2) is 40.5 Å². The minimum absolute atomic E-state index is 0.288. The van der Waals surface area contributed by atoms with E-state index in [9.17, 15) is 4.79 Å². The van der Waals surface area contributed by atoms with E-state index in [-0.39, 0.29) is 5.91 Å². The first kappa shape index (κ1) is 18.4. The third kappa shape index (κ3) is 4.08. The van der Waals surface area contributed by atoms with Gasteiger partial charge in [0.05, 0.1) is 21.3 Å². The molecule has 0 fully saturated rings. The molecule has 0 radical (unpaired) electrons. The molecule has 2 aromatic rings. The lowest BCUT2D eigenvalue weighted by Crippen LogP contribution is -2.16. The van der Waals surface area contributed by atoms with Crippen molar-refractivity contribution in [3.8, 4) is 28.7 Å². The molecule has 27 heavy (non-hydrogen) atoms. The normalized spacial score (nSPS) is 12.6. The topological polar surface area (TPSA) is 75.3 Å². The van der Waals surface area contributed by atoms with E-state index >= 15 is 0 Å². The van der Waals surface area contributed by atoms with Gasteiger partial charge in [0.2, 0.25) is 11.7 Å². The van der Waals surface area contributed by atoms with E-state index < -0.39 is 0 Å². The molecule has 7 nitrogen and oxygen atoms in total. The van der Waals surface area contributed by atoms with Gasteiger partial charge in [0, 0.05) is 23.4 Å².